The van der Waals surface area contributed by atoms with Crippen LogP contribution >= 0.6 is 11.3 Å². The van der Waals surface area contributed by atoms with Gasteiger partial charge in [0.1, 0.15) is 10.7 Å². The van der Waals surface area contributed by atoms with Crippen molar-refractivity contribution in [2.75, 3.05) is 24.2 Å². The van der Waals surface area contributed by atoms with Gasteiger partial charge in [-0.1, -0.05) is 11.3 Å². The summed E-state index contributed by atoms with van der Waals surface area (Å²) >= 11 is 1.35. The van der Waals surface area contributed by atoms with Crippen LogP contribution in [-0.4, -0.2) is 30.5 Å². The second-order valence-corrected chi connectivity index (χ2v) is 5.30. The number of aromatic nitrogens is 1. The van der Waals surface area contributed by atoms with Crippen molar-refractivity contribution in [1.29, 1.82) is 0 Å². The molecule has 1 saturated carbocycles. The Bertz CT molecular complexity index is 414. The van der Waals surface area contributed by atoms with Crippen LogP contribution in [-0.2, 0) is 0 Å². The summed E-state index contributed by atoms with van der Waals surface area (Å²) in [6.07, 6.45) is 3.35. The van der Waals surface area contributed by atoms with Crippen molar-refractivity contribution < 1.29 is 4.79 Å². The fourth-order valence-corrected chi connectivity index (χ4v) is 2.50. The van der Waals surface area contributed by atoms with Gasteiger partial charge in [0.2, 0.25) is 0 Å². The number of hydrogen-bond donors (Lipinski definition) is 2. The maximum absolute atomic E-state index is 12.0. The average molecular weight is 254 g/mol. The molecule has 1 aliphatic rings. The Hall–Kier alpha value is -1.30. The molecule has 5 nitrogen and oxygen atoms in total. The van der Waals surface area contributed by atoms with Gasteiger partial charge in [0, 0.05) is 19.6 Å². The zero-order chi connectivity index (χ0) is 12.4. The lowest BCUT2D eigenvalue weighted by Crippen LogP contribution is -2.39. The molecule has 1 aromatic heterocycles. The van der Waals surface area contributed by atoms with Gasteiger partial charge in [-0.2, -0.15) is 0 Å². The number of rotatable bonds is 4. The zero-order valence-corrected chi connectivity index (χ0v) is 11.0. The van der Waals surface area contributed by atoms with E-state index in [0.717, 1.165) is 24.5 Å². The van der Waals surface area contributed by atoms with Crippen molar-refractivity contribution >= 4 is 28.2 Å². The second-order valence-electron chi connectivity index (χ2n) is 4.33. The van der Waals surface area contributed by atoms with Crippen LogP contribution in [0, 0.1) is 0 Å². The van der Waals surface area contributed by atoms with Gasteiger partial charge in [0.15, 0.2) is 5.13 Å². The molecule has 1 amide bonds. The van der Waals surface area contributed by atoms with Crippen molar-refractivity contribution in [2.45, 2.75) is 32.2 Å². The minimum absolute atomic E-state index is 0.0829. The van der Waals surface area contributed by atoms with E-state index in [1.807, 2.05) is 18.9 Å². The summed E-state index contributed by atoms with van der Waals surface area (Å²) in [7, 11) is 1.94. The normalized spacial score (nSPS) is 15.4. The number of carbonyl (C=O) groups is 1. The molecule has 0 spiro atoms. The molecule has 17 heavy (non-hydrogen) atoms. The van der Waals surface area contributed by atoms with Gasteiger partial charge < -0.3 is 16.0 Å². The fraction of sp³-hybridized carbons (Fsp3) is 0.636. The molecule has 3 N–H and O–H groups in total. The third-order valence-corrected chi connectivity index (χ3v) is 4.27. The van der Waals surface area contributed by atoms with Crippen LogP contribution in [0.4, 0.5) is 10.9 Å². The number of hydrogen-bond acceptors (Lipinski definition) is 5. The molecule has 0 bridgehead atoms. The Balaban J connectivity index is 2.08. The average Bonchev–Trinajstić information content (AvgIpc) is 2.64. The van der Waals surface area contributed by atoms with E-state index >= 15 is 0 Å². The van der Waals surface area contributed by atoms with E-state index in [1.54, 1.807) is 0 Å². The summed E-state index contributed by atoms with van der Waals surface area (Å²) in [4.78, 5) is 18.7. The highest BCUT2D eigenvalue weighted by atomic mass is 32.1. The highest BCUT2D eigenvalue weighted by Gasteiger charge is 2.23. The van der Waals surface area contributed by atoms with E-state index < -0.39 is 0 Å². The quantitative estimate of drug-likeness (QED) is 0.853. The highest BCUT2D eigenvalue weighted by Crippen LogP contribution is 2.28. The van der Waals surface area contributed by atoms with E-state index in [-0.39, 0.29) is 5.91 Å². The fourth-order valence-electron chi connectivity index (χ4n) is 1.58. The molecular weight excluding hydrogens is 236 g/mol. The third kappa shape index (κ3) is 2.52. The van der Waals surface area contributed by atoms with Crippen LogP contribution in [0.15, 0.2) is 0 Å². The Morgan fingerprint density at radius 2 is 2.35 bits per heavy atom. The Labute approximate surface area is 105 Å². The van der Waals surface area contributed by atoms with E-state index in [9.17, 15) is 4.79 Å². The van der Waals surface area contributed by atoms with E-state index in [4.69, 9.17) is 5.73 Å². The Morgan fingerprint density at radius 1 is 1.65 bits per heavy atom. The number of nitrogens with zero attached hydrogens (tertiary/aromatic N) is 2. The van der Waals surface area contributed by atoms with Crippen molar-refractivity contribution in [3.63, 3.8) is 0 Å². The van der Waals surface area contributed by atoms with Gasteiger partial charge in [-0.05, 0) is 26.2 Å². The first-order valence-electron chi connectivity index (χ1n) is 5.90. The van der Waals surface area contributed by atoms with Gasteiger partial charge in [-0.3, -0.25) is 4.79 Å². The van der Waals surface area contributed by atoms with Crippen LogP contribution in [0.3, 0.4) is 0 Å². The second kappa shape index (κ2) is 4.91. The van der Waals surface area contributed by atoms with Gasteiger partial charge >= 0.3 is 0 Å². The maximum Gasteiger partial charge on any atom is 0.265 e. The van der Waals surface area contributed by atoms with E-state index in [0.29, 0.717) is 16.7 Å². The molecule has 0 radical (unpaired) electrons. The van der Waals surface area contributed by atoms with Crippen molar-refractivity contribution in [1.82, 2.24) is 10.3 Å². The first kappa shape index (κ1) is 12.2. The van der Waals surface area contributed by atoms with Crippen LogP contribution < -0.4 is 16.0 Å². The summed E-state index contributed by atoms with van der Waals surface area (Å²) in [5, 5.41) is 3.77. The predicted octanol–water partition coefficient (Wildman–Crippen LogP) is 1.46. The number of carbonyl (C=O) groups excluding carboxylic acids is 1. The molecule has 2 rings (SSSR count). The monoisotopic (exact) mass is 254 g/mol. The molecule has 1 aromatic rings. The van der Waals surface area contributed by atoms with Crippen LogP contribution in [0.2, 0.25) is 0 Å². The number of thiazole rings is 1. The molecule has 1 aliphatic carbocycles. The van der Waals surface area contributed by atoms with E-state index in [2.05, 4.69) is 10.3 Å². The van der Waals surface area contributed by atoms with Gasteiger partial charge in [0.25, 0.3) is 5.91 Å². The molecule has 0 aromatic carbocycles. The van der Waals surface area contributed by atoms with Gasteiger partial charge in [-0.15, -0.1) is 0 Å². The summed E-state index contributed by atoms with van der Waals surface area (Å²) in [6.45, 7) is 2.88. The number of amides is 1. The maximum atomic E-state index is 12.0. The number of anilines is 2. The molecule has 94 valence electrons. The first-order valence-corrected chi connectivity index (χ1v) is 6.71. The molecule has 0 unspecified atom stereocenters. The molecule has 0 atom stereocenters. The van der Waals surface area contributed by atoms with Crippen molar-refractivity contribution in [3.8, 4) is 0 Å². The van der Waals surface area contributed by atoms with Crippen LogP contribution in [0.25, 0.3) is 0 Å². The topological polar surface area (TPSA) is 71.2 Å². The lowest BCUT2D eigenvalue weighted by molar-refractivity contribution is 0.0922. The molecule has 0 saturated heterocycles. The Morgan fingerprint density at radius 3 is 2.88 bits per heavy atom. The van der Waals surface area contributed by atoms with Crippen molar-refractivity contribution in [3.05, 3.63) is 4.88 Å². The standard InChI is InChI=1S/C11H18N4OS/c1-3-15(2)11-14-9(12)8(17-11)10(16)13-7-5-4-6-7/h7H,3-6,12H2,1-2H3,(H,13,16). The number of nitrogens with two attached hydrogens (primary N) is 1. The smallest absolute Gasteiger partial charge is 0.265 e. The summed E-state index contributed by atoms with van der Waals surface area (Å²) < 4.78 is 0. The number of nitrogen functional groups attached to an aromatic ring is 1. The van der Waals surface area contributed by atoms with Crippen LogP contribution in [0.5, 0.6) is 0 Å². The SMILES string of the molecule is CCN(C)c1nc(N)c(C(=O)NC2CCC2)s1. The molecule has 0 aliphatic heterocycles. The largest absolute Gasteiger partial charge is 0.382 e. The Kier molecular flexibility index (Phi) is 3.51. The zero-order valence-electron chi connectivity index (χ0n) is 10.2. The van der Waals surface area contributed by atoms with Gasteiger partial charge in [-0.25, -0.2) is 4.98 Å². The molecular formula is C11H18N4OS. The number of nitrogens with one attached hydrogen (secondary N) is 1. The predicted molar refractivity (Wildman–Crippen MR) is 70.6 cm³/mol. The third-order valence-electron chi connectivity index (χ3n) is 3.09. The molecule has 6 heteroatoms. The first-order chi connectivity index (χ1) is 8.11. The summed E-state index contributed by atoms with van der Waals surface area (Å²) in [6, 6.07) is 0.330. The highest BCUT2D eigenvalue weighted by molar-refractivity contribution is 7.18. The van der Waals surface area contributed by atoms with Crippen LogP contribution in [0.1, 0.15) is 35.9 Å². The lowest BCUT2D eigenvalue weighted by atomic mass is 9.93. The lowest BCUT2D eigenvalue weighted by Gasteiger charge is -2.25. The van der Waals surface area contributed by atoms with E-state index in [1.165, 1.54) is 17.8 Å². The summed E-state index contributed by atoms with van der Waals surface area (Å²) in [5.74, 6) is 0.252. The minimum Gasteiger partial charge on any atom is -0.382 e. The summed E-state index contributed by atoms with van der Waals surface area (Å²) in [5.41, 5.74) is 5.78. The molecule has 1 fully saturated rings. The van der Waals surface area contributed by atoms with Crippen molar-refractivity contribution in [2.24, 2.45) is 0 Å². The minimum atomic E-state index is -0.0829. The van der Waals surface area contributed by atoms with Gasteiger partial charge in [0.05, 0.1) is 0 Å². The molecule has 1 heterocycles.